The number of hydrogen-bond donors (Lipinski definition) is 2. The van der Waals surface area contributed by atoms with Crippen LogP contribution in [0.25, 0.3) is 0 Å². The van der Waals surface area contributed by atoms with Gasteiger partial charge in [0.2, 0.25) is 0 Å². The van der Waals surface area contributed by atoms with E-state index >= 15 is 0 Å². The van der Waals surface area contributed by atoms with Crippen LogP contribution in [0.4, 0.5) is 5.69 Å². The van der Waals surface area contributed by atoms with Crippen LogP contribution in [-0.2, 0) is 13.0 Å². The average Bonchev–Trinajstić information content (AvgIpc) is 2.48. The number of nitrogens with two attached hydrogens (primary N) is 1. The van der Waals surface area contributed by atoms with E-state index in [2.05, 4.69) is 11.4 Å². The van der Waals surface area contributed by atoms with E-state index < -0.39 is 0 Å². The summed E-state index contributed by atoms with van der Waals surface area (Å²) >= 11 is 5.86. The lowest BCUT2D eigenvalue weighted by Gasteiger charge is -2.09. The molecule has 112 valence electrons. The molecule has 0 aliphatic heterocycles. The summed E-state index contributed by atoms with van der Waals surface area (Å²) in [6.45, 7) is 4.32. The van der Waals surface area contributed by atoms with E-state index in [1.165, 1.54) is 11.1 Å². The Morgan fingerprint density at radius 1 is 1.10 bits per heavy atom. The van der Waals surface area contributed by atoms with Gasteiger partial charge in [0, 0.05) is 11.6 Å². The largest absolute Gasteiger partial charge is 0.492 e. The van der Waals surface area contributed by atoms with Gasteiger partial charge in [0.15, 0.2) is 0 Å². The first kappa shape index (κ1) is 15.7. The zero-order valence-corrected chi connectivity index (χ0v) is 13.0. The lowest BCUT2D eigenvalue weighted by molar-refractivity contribution is 0.342. The van der Waals surface area contributed by atoms with Crippen LogP contribution in [0.3, 0.4) is 0 Å². The third-order valence-electron chi connectivity index (χ3n) is 3.21. The van der Waals surface area contributed by atoms with E-state index in [4.69, 9.17) is 22.1 Å². The van der Waals surface area contributed by atoms with Crippen molar-refractivity contribution in [3.8, 4) is 5.75 Å². The van der Waals surface area contributed by atoms with Crippen molar-refractivity contribution in [2.24, 2.45) is 0 Å². The Morgan fingerprint density at radius 3 is 2.48 bits per heavy atom. The van der Waals surface area contributed by atoms with Gasteiger partial charge in [-0.1, -0.05) is 29.8 Å². The first-order valence-corrected chi connectivity index (χ1v) is 7.53. The monoisotopic (exact) mass is 304 g/mol. The van der Waals surface area contributed by atoms with Gasteiger partial charge in [-0.2, -0.15) is 0 Å². The summed E-state index contributed by atoms with van der Waals surface area (Å²) in [6.07, 6.45) is 0.935. The molecule has 3 nitrogen and oxygen atoms in total. The molecule has 0 spiro atoms. The molecule has 0 saturated heterocycles. The van der Waals surface area contributed by atoms with Crippen molar-refractivity contribution in [1.82, 2.24) is 5.32 Å². The summed E-state index contributed by atoms with van der Waals surface area (Å²) in [5.41, 5.74) is 9.10. The Hall–Kier alpha value is -1.71. The van der Waals surface area contributed by atoms with Crippen LogP contribution >= 0.6 is 11.6 Å². The highest BCUT2D eigenvalue weighted by Gasteiger charge is 2.01. The number of nitrogen functional groups attached to an aromatic ring is 1. The van der Waals surface area contributed by atoms with E-state index in [1.807, 2.05) is 43.3 Å². The van der Waals surface area contributed by atoms with Crippen LogP contribution in [0.15, 0.2) is 42.5 Å². The molecule has 4 heteroatoms. The Bertz CT molecular complexity index is 570. The van der Waals surface area contributed by atoms with Crippen molar-refractivity contribution in [3.05, 3.63) is 58.6 Å². The quantitative estimate of drug-likeness (QED) is 0.606. The molecule has 0 radical (unpaired) electrons. The Balaban J connectivity index is 1.78. The Labute approximate surface area is 131 Å². The molecule has 0 amide bonds. The third-order valence-corrected chi connectivity index (χ3v) is 3.46. The van der Waals surface area contributed by atoms with E-state index in [1.54, 1.807) is 0 Å². The third kappa shape index (κ3) is 4.96. The van der Waals surface area contributed by atoms with Crippen LogP contribution in [0.5, 0.6) is 5.75 Å². The lowest BCUT2D eigenvalue weighted by Crippen LogP contribution is -2.16. The predicted octanol–water partition coefficient (Wildman–Crippen LogP) is 3.65. The molecule has 2 aromatic carbocycles. The molecule has 0 saturated carbocycles. The van der Waals surface area contributed by atoms with Crippen molar-refractivity contribution >= 4 is 17.3 Å². The molecule has 3 N–H and O–H groups in total. The molecule has 0 aromatic heterocycles. The fourth-order valence-corrected chi connectivity index (χ4v) is 2.23. The summed E-state index contributed by atoms with van der Waals surface area (Å²) in [7, 11) is 0. The second-order valence-corrected chi connectivity index (χ2v) is 5.29. The van der Waals surface area contributed by atoms with E-state index in [0.29, 0.717) is 12.3 Å². The van der Waals surface area contributed by atoms with Crippen LogP contribution < -0.4 is 15.8 Å². The summed E-state index contributed by atoms with van der Waals surface area (Å²) in [5.74, 6) is 0.760. The molecule has 0 atom stereocenters. The highest BCUT2D eigenvalue weighted by Crippen LogP contribution is 2.22. The summed E-state index contributed by atoms with van der Waals surface area (Å²) < 4.78 is 5.43. The second-order valence-electron chi connectivity index (χ2n) is 4.86. The van der Waals surface area contributed by atoms with Crippen molar-refractivity contribution in [1.29, 1.82) is 0 Å². The smallest absolute Gasteiger partial charge is 0.142 e. The van der Waals surface area contributed by atoms with Crippen LogP contribution in [0, 0.1) is 0 Å². The Morgan fingerprint density at radius 2 is 1.81 bits per heavy atom. The van der Waals surface area contributed by atoms with Gasteiger partial charge in [0.1, 0.15) is 5.75 Å². The van der Waals surface area contributed by atoms with Crippen LogP contribution in [0.2, 0.25) is 5.02 Å². The first-order chi connectivity index (χ1) is 10.2. The van der Waals surface area contributed by atoms with Gasteiger partial charge in [-0.05, 0) is 55.3 Å². The first-order valence-electron chi connectivity index (χ1n) is 7.15. The van der Waals surface area contributed by atoms with E-state index in [9.17, 15) is 0 Å². The zero-order chi connectivity index (χ0) is 15.1. The fraction of sp³-hybridized carbons (Fsp3) is 0.294. The summed E-state index contributed by atoms with van der Waals surface area (Å²) in [4.78, 5) is 0. The fourth-order valence-electron chi connectivity index (χ4n) is 2.11. The maximum Gasteiger partial charge on any atom is 0.142 e. The molecule has 0 unspecified atom stereocenters. The second kappa shape index (κ2) is 7.91. The normalized spacial score (nSPS) is 10.6. The SMILES string of the molecule is CCOc1ccc(CCNCc2ccc(Cl)cc2)cc1N. The Kier molecular flexibility index (Phi) is 5.90. The minimum Gasteiger partial charge on any atom is -0.492 e. The van der Waals surface area contributed by atoms with Crippen LogP contribution in [-0.4, -0.2) is 13.2 Å². The predicted molar refractivity (Wildman–Crippen MR) is 88.9 cm³/mol. The number of rotatable bonds is 7. The molecule has 0 heterocycles. The van der Waals surface area contributed by atoms with Gasteiger partial charge in [-0.25, -0.2) is 0 Å². The molecule has 0 fully saturated rings. The molecule has 0 aliphatic carbocycles. The molecular weight excluding hydrogens is 284 g/mol. The van der Waals surface area contributed by atoms with Crippen molar-refractivity contribution in [3.63, 3.8) is 0 Å². The summed E-state index contributed by atoms with van der Waals surface area (Å²) in [5, 5.41) is 4.18. The number of nitrogens with one attached hydrogen (secondary N) is 1. The van der Waals surface area contributed by atoms with Gasteiger partial charge in [0.05, 0.1) is 12.3 Å². The maximum atomic E-state index is 5.96. The maximum absolute atomic E-state index is 5.96. The molecule has 2 rings (SSSR count). The van der Waals surface area contributed by atoms with Gasteiger partial charge in [-0.3, -0.25) is 0 Å². The molecule has 21 heavy (non-hydrogen) atoms. The minimum absolute atomic E-state index is 0.631. The van der Waals surface area contributed by atoms with Gasteiger partial charge in [-0.15, -0.1) is 0 Å². The number of ether oxygens (including phenoxy) is 1. The highest BCUT2D eigenvalue weighted by molar-refractivity contribution is 6.30. The van der Waals surface area contributed by atoms with Gasteiger partial charge >= 0.3 is 0 Å². The molecular formula is C17H21ClN2O. The van der Waals surface area contributed by atoms with Crippen molar-refractivity contribution in [2.45, 2.75) is 19.9 Å². The molecule has 0 bridgehead atoms. The topological polar surface area (TPSA) is 47.3 Å². The number of benzene rings is 2. The number of halogens is 1. The van der Waals surface area contributed by atoms with Gasteiger partial charge < -0.3 is 15.8 Å². The van der Waals surface area contributed by atoms with E-state index in [-0.39, 0.29) is 0 Å². The van der Waals surface area contributed by atoms with E-state index in [0.717, 1.165) is 30.3 Å². The average molecular weight is 305 g/mol. The lowest BCUT2D eigenvalue weighted by atomic mass is 10.1. The van der Waals surface area contributed by atoms with Crippen molar-refractivity contribution < 1.29 is 4.74 Å². The molecule has 2 aromatic rings. The van der Waals surface area contributed by atoms with Crippen LogP contribution in [0.1, 0.15) is 18.1 Å². The molecule has 0 aliphatic rings. The zero-order valence-electron chi connectivity index (χ0n) is 12.2. The number of hydrogen-bond acceptors (Lipinski definition) is 3. The van der Waals surface area contributed by atoms with Gasteiger partial charge in [0.25, 0.3) is 0 Å². The van der Waals surface area contributed by atoms with Crippen molar-refractivity contribution in [2.75, 3.05) is 18.9 Å². The minimum atomic E-state index is 0.631. The number of anilines is 1. The summed E-state index contributed by atoms with van der Waals surface area (Å²) in [6, 6.07) is 13.9. The standard InChI is InChI=1S/C17H21ClN2O/c1-2-21-17-8-5-13(11-16(17)19)9-10-20-12-14-3-6-15(18)7-4-14/h3-8,11,20H,2,9-10,12,19H2,1H3. The highest BCUT2D eigenvalue weighted by atomic mass is 35.5.